The lowest BCUT2D eigenvalue weighted by Gasteiger charge is -2.30. The fraction of sp³-hybridized carbons (Fsp3) is 0.389. The van der Waals surface area contributed by atoms with Gasteiger partial charge in [0, 0.05) is 35.1 Å². The first-order valence-electron chi connectivity index (χ1n) is 16.6. The molecular formula is C36H36ClFN6O4S. The fourth-order valence-corrected chi connectivity index (χ4v) is 8.27. The van der Waals surface area contributed by atoms with Gasteiger partial charge in [0.2, 0.25) is 12.1 Å². The summed E-state index contributed by atoms with van der Waals surface area (Å²) < 4.78 is 29.8. The molecule has 2 fully saturated rings. The minimum Gasteiger partial charge on any atom is -0.464 e. The molecule has 1 aliphatic carbocycles. The lowest BCUT2D eigenvalue weighted by molar-refractivity contribution is -0.135. The number of aromatic nitrogens is 4. The van der Waals surface area contributed by atoms with Crippen LogP contribution in [0.1, 0.15) is 67.5 Å². The lowest BCUT2D eigenvalue weighted by Crippen LogP contribution is -2.51. The number of methoxy groups -OCH3 is 1. The third-order valence-corrected chi connectivity index (χ3v) is 11.0. The van der Waals surface area contributed by atoms with Crippen LogP contribution in [0.3, 0.4) is 0 Å². The van der Waals surface area contributed by atoms with Crippen molar-refractivity contribution in [3.8, 4) is 28.3 Å². The van der Waals surface area contributed by atoms with Gasteiger partial charge in [-0.15, -0.1) is 11.3 Å². The lowest BCUT2D eigenvalue weighted by atomic mass is 10.0. The maximum Gasteiger partial charge on any atom is 0.407 e. The van der Waals surface area contributed by atoms with Crippen LogP contribution in [0, 0.1) is 17.7 Å². The van der Waals surface area contributed by atoms with Gasteiger partial charge in [-0.1, -0.05) is 25.4 Å². The highest BCUT2D eigenvalue weighted by atomic mass is 35.5. The minimum absolute atomic E-state index is 0.146. The number of carbonyl (C=O) groups is 2. The van der Waals surface area contributed by atoms with E-state index in [2.05, 4.69) is 15.3 Å². The number of hydrogen-bond donors (Lipinski definition) is 2. The van der Waals surface area contributed by atoms with Crippen molar-refractivity contribution in [2.24, 2.45) is 11.8 Å². The number of ether oxygens (including phenoxy) is 2. The average molecular weight is 703 g/mol. The molecule has 3 aromatic heterocycles. The predicted octanol–water partition coefficient (Wildman–Crippen LogP) is 7.88. The largest absolute Gasteiger partial charge is 0.464 e. The summed E-state index contributed by atoms with van der Waals surface area (Å²) in [5, 5.41) is 5.25. The van der Waals surface area contributed by atoms with Crippen LogP contribution < -0.4 is 10.1 Å². The van der Waals surface area contributed by atoms with Crippen LogP contribution in [0.15, 0.2) is 48.8 Å². The van der Waals surface area contributed by atoms with E-state index in [1.807, 2.05) is 54.9 Å². The van der Waals surface area contributed by atoms with Crippen LogP contribution >= 0.6 is 22.9 Å². The van der Waals surface area contributed by atoms with Crippen molar-refractivity contribution in [3.63, 3.8) is 0 Å². The summed E-state index contributed by atoms with van der Waals surface area (Å²) in [6.07, 6.45) is 7.30. The third-order valence-electron chi connectivity index (χ3n) is 9.71. The highest BCUT2D eigenvalue weighted by Gasteiger charge is 2.38. The van der Waals surface area contributed by atoms with E-state index in [1.165, 1.54) is 26.0 Å². The summed E-state index contributed by atoms with van der Waals surface area (Å²) in [6.45, 7) is 4.29. The molecule has 13 heteroatoms. The number of benzene rings is 2. The predicted molar refractivity (Wildman–Crippen MR) is 185 cm³/mol. The maximum atomic E-state index is 16.3. The van der Waals surface area contributed by atoms with E-state index in [-0.39, 0.29) is 17.9 Å². The second-order valence-electron chi connectivity index (χ2n) is 13.4. The van der Waals surface area contributed by atoms with Crippen LogP contribution in [-0.4, -0.2) is 56.1 Å². The zero-order valence-corrected chi connectivity index (χ0v) is 28.9. The molecule has 2 aromatic carbocycles. The van der Waals surface area contributed by atoms with Gasteiger partial charge in [0.05, 0.1) is 51.7 Å². The van der Waals surface area contributed by atoms with Gasteiger partial charge in [-0.2, -0.15) is 0 Å². The summed E-state index contributed by atoms with van der Waals surface area (Å²) in [7, 11) is 1.27. The number of H-pyrrole nitrogens is 1. The van der Waals surface area contributed by atoms with Crippen molar-refractivity contribution in [2.75, 3.05) is 13.7 Å². The molecule has 254 valence electrons. The van der Waals surface area contributed by atoms with Crippen molar-refractivity contribution in [1.82, 2.24) is 29.7 Å². The monoisotopic (exact) mass is 702 g/mol. The number of aromatic amines is 1. The third kappa shape index (κ3) is 5.84. The summed E-state index contributed by atoms with van der Waals surface area (Å²) in [4.78, 5) is 41.0. The molecule has 8 rings (SSSR count). The second kappa shape index (κ2) is 12.5. The Kier molecular flexibility index (Phi) is 8.10. The van der Waals surface area contributed by atoms with Crippen molar-refractivity contribution in [2.45, 2.75) is 64.3 Å². The molecule has 5 aromatic rings. The Balaban J connectivity index is 1.13. The van der Waals surface area contributed by atoms with Crippen molar-refractivity contribution < 1.29 is 23.5 Å². The van der Waals surface area contributed by atoms with Gasteiger partial charge in [-0.3, -0.25) is 9.36 Å². The number of thiazole rings is 1. The van der Waals surface area contributed by atoms with Gasteiger partial charge >= 0.3 is 6.09 Å². The summed E-state index contributed by atoms with van der Waals surface area (Å²) >= 11 is 8.01. The Morgan fingerprint density at radius 1 is 1.16 bits per heavy atom. The number of carbonyl (C=O) groups excluding carboxylic acids is 2. The topological polar surface area (TPSA) is 114 Å². The number of rotatable bonds is 8. The molecule has 3 atom stereocenters. The molecule has 3 aliphatic rings. The molecular weight excluding hydrogens is 667 g/mol. The van der Waals surface area contributed by atoms with Gasteiger partial charge in [-0.25, -0.2) is 19.2 Å². The Bertz CT molecular complexity index is 2090. The van der Waals surface area contributed by atoms with E-state index in [0.29, 0.717) is 58.0 Å². The number of fused-ring (bicyclic) bond motifs is 5. The van der Waals surface area contributed by atoms with E-state index in [4.69, 9.17) is 26.1 Å². The Morgan fingerprint density at radius 3 is 2.78 bits per heavy atom. The Labute approximate surface area is 291 Å². The highest BCUT2D eigenvalue weighted by molar-refractivity contribution is 7.11. The standard InChI is InChI=1S/C36H36ClFN6O4S/c1-18(2)32(42-36(46)47-3)34(45)43-10-4-5-26(43)33-40-16-24(41-33)20-13-23(38)31-27-14-21-12-22(37)8-9-25(21)44(27)35(48-28(31)15-20)29-17-39-30(49-29)11-19-6-7-19/h8-9,12-19,26,32,35H,4-7,10-11H2,1-3H3,(H,40,41)(H,42,46). The van der Waals surface area contributed by atoms with Crippen molar-refractivity contribution >= 4 is 45.8 Å². The quantitative estimate of drug-likeness (QED) is 0.170. The molecule has 2 aliphatic heterocycles. The first-order valence-corrected chi connectivity index (χ1v) is 17.8. The molecule has 0 bridgehead atoms. The summed E-state index contributed by atoms with van der Waals surface area (Å²) in [5.41, 5.74) is 3.15. The Hall–Kier alpha value is -4.42. The molecule has 49 heavy (non-hydrogen) atoms. The molecule has 3 unspecified atom stereocenters. The molecule has 2 N–H and O–H groups in total. The first-order chi connectivity index (χ1) is 23.7. The highest BCUT2D eigenvalue weighted by Crippen LogP contribution is 2.48. The zero-order chi connectivity index (χ0) is 34.0. The number of alkyl carbamates (subject to hydrolysis) is 1. The van der Waals surface area contributed by atoms with Crippen LogP contribution in [-0.2, 0) is 16.0 Å². The molecule has 5 heterocycles. The molecule has 1 saturated heterocycles. The van der Waals surface area contributed by atoms with Crippen LogP contribution in [0.5, 0.6) is 5.75 Å². The number of nitrogens with zero attached hydrogens (tertiary/aromatic N) is 4. The molecule has 10 nitrogen and oxygen atoms in total. The number of nitrogens with one attached hydrogen (secondary N) is 2. The van der Waals surface area contributed by atoms with Gasteiger partial charge in [0.1, 0.15) is 23.4 Å². The first kappa shape index (κ1) is 31.8. The molecule has 2 amide bonds. The van der Waals surface area contributed by atoms with E-state index in [9.17, 15) is 9.59 Å². The smallest absolute Gasteiger partial charge is 0.407 e. The van der Waals surface area contributed by atoms with Crippen LogP contribution in [0.4, 0.5) is 9.18 Å². The average Bonchev–Trinajstić information content (AvgIpc) is 3.51. The van der Waals surface area contributed by atoms with Crippen molar-refractivity contribution in [3.05, 3.63) is 75.3 Å². The summed E-state index contributed by atoms with van der Waals surface area (Å²) in [5.74, 6) is 0.954. The van der Waals surface area contributed by atoms with Gasteiger partial charge < -0.3 is 24.7 Å². The van der Waals surface area contributed by atoms with Gasteiger partial charge in [-0.05, 0) is 73.9 Å². The van der Waals surface area contributed by atoms with E-state index in [0.717, 1.165) is 33.6 Å². The maximum absolute atomic E-state index is 16.3. The van der Waals surface area contributed by atoms with E-state index in [1.54, 1.807) is 22.4 Å². The minimum atomic E-state index is -0.739. The Morgan fingerprint density at radius 2 is 2.00 bits per heavy atom. The molecule has 0 radical (unpaired) electrons. The number of imidazole rings is 1. The second-order valence-corrected chi connectivity index (χ2v) is 15.0. The number of amides is 2. The number of halogens is 2. The van der Waals surface area contributed by atoms with Gasteiger partial charge in [0.15, 0.2) is 0 Å². The number of hydrogen-bond acceptors (Lipinski definition) is 7. The fourth-order valence-electron chi connectivity index (χ4n) is 7.04. The van der Waals surface area contributed by atoms with E-state index < -0.39 is 24.2 Å². The van der Waals surface area contributed by atoms with Gasteiger partial charge in [0.25, 0.3) is 0 Å². The molecule has 0 spiro atoms. The summed E-state index contributed by atoms with van der Waals surface area (Å²) in [6, 6.07) is 9.90. The molecule has 1 saturated carbocycles. The normalized spacial score (nSPS) is 19.1. The zero-order valence-electron chi connectivity index (χ0n) is 27.3. The SMILES string of the molecule is COC(=O)NC(C(=O)N1CCCC1c1ncc(-c2cc(F)c3c(c2)OC(c2cnc(CC4CC4)s2)n2c-3cc3cc(Cl)ccc32)[nH]1)C(C)C. The van der Waals surface area contributed by atoms with E-state index >= 15 is 4.39 Å². The van der Waals surface area contributed by atoms with Crippen molar-refractivity contribution in [1.29, 1.82) is 0 Å². The van der Waals surface area contributed by atoms with Crippen LogP contribution in [0.25, 0.3) is 33.4 Å². The van der Waals surface area contributed by atoms with Crippen LogP contribution in [0.2, 0.25) is 5.02 Å². The number of likely N-dealkylation sites (tertiary alicyclic amines) is 1.